The molecule has 1 atom stereocenters. The number of benzene rings is 3. The van der Waals surface area contributed by atoms with Gasteiger partial charge in [-0.05, 0) is 71.8 Å². The molecule has 3 aromatic rings. The number of methoxy groups -OCH3 is 2. The lowest BCUT2D eigenvalue weighted by atomic mass is 9.91. The van der Waals surface area contributed by atoms with Gasteiger partial charge < -0.3 is 19.5 Å². The van der Waals surface area contributed by atoms with Crippen LogP contribution in [-0.4, -0.2) is 35.9 Å². The molecule has 1 amide bonds. The first kappa shape index (κ1) is 26.0. The number of hydrogen-bond donors (Lipinski definition) is 1. The maximum Gasteiger partial charge on any atom is 0.295 e. The average Bonchev–Trinajstić information content (AvgIpc) is 3.14. The predicted octanol–water partition coefficient (Wildman–Crippen LogP) is 6.07. The molecular formula is C31H33NO5. The molecule has 0 radical (unpaired) electrons. The third-order valence-corrected chi connectivity index (χ3v) is 6.97. The molecule has 0 bridgehead atoms. The third kappa shape index (κ3) is 4.96. The van der Waals surface area contributed by atoms with Crippen molar-refractivity contribution in [3.8, 4) is 11.5 Å². The van der Waals surface area contributed by atoms with Crippen LogP contribution in [0.4, 0.5) is 0 Å². The highest BCUT2D eigenvalue weighted by atomic mass is 16.5. The van der Waals surface area contributed by atoms with Crippen molar-refractivity contribution >= 4 is 17.4 Å². The fourth-order valence-corrected chi connectivity index (χ4v) is 4.79. The van der Waals surface area contributed by atoms with E-state index >= 15 is 0 Å². The number of nitrogens with zero attached hydrogens (tertiary/aromatic N) is 1. The van der Waals surface area contributed by atoms with Crippen molar-refractivity contribution in [1.29, 1.82) is 0 Å². The number of likely N-dealkylation sites (tertiary alicyclic amines) is 1. The number of ether oxygens (including phenoxy) is 2. The Balaban J connectivity index is 1.87. The van der Waals surface area contributed by atoms with E-state index in [0.29, 0.717) is 23.0 Å². The molecule has 0 aliphatic carbocycles. The van der Waals surface area contributed by atoms with Crippen LogP contribution in [0, 0.1) is 13.8 Å². The zero-order valence-corrected chi connectivity index (χ0v) is 22.2. The lowest BCUT2D eigenvalue weighted by Gasteiger charge is -2.26. The number of ketones is 1. The van der Waals surface area contributed by atoms with Crippen LogP contribution in [0.3, 0.4) is 0 Å². The van der Waals surface area contributed by atoms with Gasteiger partial charge in [0.2, 0.25) is 0 Å². The van der Waals surface area contributed by atoms with Gasteiger partial charge in [0.1, 0.15) is 17.3 Å². The molecule has 3 aromatic carbocycles. The van der Waals surface area contributed by atoms with Gasteiger partial charge in [0, 0.05) is 12.1 Å². The van der Waals surface area contributed by atoms with Gasteiger partial charge in [-0.25, -0.2) is 0 Å². The van der Waals surface area contributed by atoms with Crippen LogP contribution in [0.5, 0.6) is 11.5 Å². The van der Waals surface area contributed by atoms with E-state index in [2.05, 4.69) is 13.8 Å². The molecule has 1 unspecified atom stereocenters. The molecular weight excluding hydrogens is 466 g/mol. The summed E-state index contributed by atoms with van der Waals surface area (Å²) >= 11 is 0. The minimum atomic E-state index is -0.731. The smallest absolute Gasteiger partial charge is 0.295 e. The van der Waals surface area contributed by atoms with Crippen LogP contribution in [0.15, 0.2) is 66.2 Å². The number of carbonyl (C=O) groups is 2. The molecule has 1 aliphatic heterocycles. The fourth-order valence-electron chi connectivity index (χ4n) is 4.79. The fraction of sp³-hybridized carbons (Fsp3) is 0.290. The Kier molecular flexibility index (Phi) is 7.39. The van der Waals surface area contributed by atoms with Crippen molar-refractivity contribution in [2.75, 3.05) is 14.2 Å². The number of aliphatic hydroxyl groups excluding tert-OH is 1. The van der Waals surface area contributed by atoms with Gasteiger partial charge >= 0.3 is 0 Å². The first-order valence-corrected chi connectivity index (χ1v) is 12.3. The molecule has 6 heteroatoms. The summed E-state index contributed by atoms with van der Waals surface area (Å²) in [6.45, 7) is 8.15. The molecule has 1 heterocycles. The van der Waals surface area contributed by atoms with E-state index in [0.717, 1.165) is 27.8 Å². The molecule has 1 aliphatic rings. The van der Waals surface area contributed by atoms with Crippen molar-refractivity contribution in [2.24, 2.45) is 0 Å². The molecule has 1 fully saturated rings. The SMILES string of the molecule is COc1ccc(CN2C(=O)C(=O)/C(=C(/O)c3cc(C)c(OC)cc3C)C2c2ccc(C(C)C)cc2)cc1. The van der Waals surface area contributed by atoms with E-state index in [4.69, 9.17) is 9.47 Å². The number of aryl methyl sites for hydroxylation is 2. The normalized spacial score (nSPS) is 16.9. The van der Waals surface area contributed by atoms with Crippen molar-refractivity contribution in [3.05, 3.63) is 99.6 Å². The minimum absolute atomic E-state index is 0.0866. The maximum absolute atomic E-state index is 13.4. The number of Topliss-reactive ketones (excluding diaryl/α,β-unsaturated/α-hetero) is 1. The summed E-state index contributed by atoms with van der Waals surface area (Å²) in [7, 11) is 3.18. The Morgan fingerprint density at radius 2 is 1.57 bits per heavy atom. The highest BCUT2D eigenvalue weighted by Crippen LogP contribution is 2.41. The Morgan fingerprint density at radius 3 is 2.14 bits per heavy atom. The zero-order chi connectivity index (χ0) is 26.9. The Labute approximate surface area is 218 Å². The van der Waals surface area contributed by atoms with Crippen molar-refractivity contribution < 1.29 is 24.2 Å². The molecule has 37 heavy (non-hydrogen) atoms. The van der Waals surface area contributed by atoms with Crippen LogP contribution < -0.4 is 9.47 Å². The lowest BCUT2D eigenvalue weighted by Crippen LogP contribution is -2.29. The first-order valence-electron chi connectivity index (χ1n) is 12.3. The van der Waals surface area contributed by atoms with Crippen LogP contribution >= 0.6 is 0 Å². The molecule has 0 saturated carbocycles. The van der Waals surface area contributed by atoms with E-state index < -0.39 is 17.7 Å². The van der Waals surface area contributed by atoms with Gasteiger partial charge in [0.15, 0.2) is 0 Å². The second kappa shape index (κ2) is 10.5. The highest BCUT2D eigenvalue weighted by molar-refractivity contribution is 6.46. The number of amides is 1. The summed E-state index contributed by atoms with van der Waals surface area (Å²) in [6.07, 6.45) is 0. The summed E-state index contributed by atoms with van der Waals surface area (Å²) in [5.41, 5.74) is 4.92. The second-order valence-corrected chi connectivity index (χ2v) is 9.73. The van der Waals surface area contributed by atoms with Gasteiger partial charge in [-0.15, -0.1) is 0 Å². The lowest BCUT2D eigenvalue weighted by molar-refractivity contribution is -0.140. The Bertz CT molecular complexity index is 1350. The summed E-state index contributed by atoms with van der Waals surface area (Å²) < 4.78 is 10.7. The van der Waals surface area contributed by atoms with E-state index in [1.54, 1.807) is 20.3 Å². The van der Waals surface area contributed by atoms with Crippen molar-refractivity contribution in [3.63, 3.8) is 0 Å². The highest BCUT2D eigenvalue weighted by Gasteiger charge is 2.46. The number of carbonyl (C=O) groups excluding carboxylic acids is 2. The van der Waals surface area contributed by atoms with E-state index in [-0.39, 0.29) is 17.9 Å². The van der Waals surface area contributed by atoms with Crippen LogP contribution in [0.1, 0.15) is 59.2 Å². The molecule has 192 valence electrons. The average molecular weight is 500 g/mol. The Hall–Kier alpha value is -4.06. The maximum atomic E-state index is 13.4. The topological polar surface area (TPSA) is 76.1 Å². The third-order valence-electron chi connectivity index (χ3n) is 6.97. The van der Waals surface area contributed by atoms with Gasteiger partial charge in [-0.3, -0.25) is 9.59 Å². The number of hydrogen-bond acceptors (Lipinski definition) is 5. The van der Waals surface area contributed by atoms with Crippen LogP contribution in [0.25, 0.3) is 5.76 Å². The molecule has 0 spiro atoms. The zero-order valence-electron chi connectivity index (χ0n) is 22.2. The largest absolute Gasteiger partial charge is 0.507 e. The van der Waals surface area contributed by atoms with Gasteiger partial charge in [0.05, 0.1) is 25.8 Å². The number of rotatable bonds is 7. The van der Waals surface area contributed by atoms with Gasteiger partial charge in [-0.1, -0.05) is 50.2 Å². The van der Waals surface area contributed by atoms with Crippen LogP contribution in [0.2, 0.25) is 0 Å². The summed E-state index contributed by atoms with van der Waals surface area (Å²) in [4.78, 5) is 28.4. The van der Waals surface area contributed by atoms with E-state index in [9.17, 15) is 14.7 Å². The quantitative estimate of drug-likeness (QED) is 0.243. The monoisotopic (exact) mass is 499 g/mol. The minimum Gasteiger partial charge on any atom is -0.507 e. The standard InChI is InChI=1S/C31H33NO5/c1-18(2)22-9-11-23(12-10-22)28-27(29(33)25-15-20(4)26(37-6)16-19(25)3)30(34)31(35)32(28)17-21-7-13-24(36-5)14-8-21/h7-16,18,28,33H,17H2,1-6H3/b29-27+. The predicted molar refractivity (Wildman–Crippen MR) is 144 cm³/mol. The Morgan fingerprint density at radius 1 is 0.919 bits per heavy atom. The molecule has 6 nitrogen and oxygen atoms in total. The van der Waals surface area contributed by atoms with E-state index in [1.807, 2.05) is 68.4 Å². The van der Waals surface area contributed by atoms with Gasteiger partial charge in [0.25, 0.3) is 11.7 Å². The van der Waals surface area contributed by atoms with Crippen molar-refractivity contribution in [2.45, 2.75) is 46.2 Å². The molecule has 4 rings (SSSR count). The summed E-state index contributed by atoms with van der Waals surface area (Å²) in [6, 6.07) is 18.2. The summed E-state index contributed by atoms with van der Waals surface area (Å²) in [5.74, 6) is 0.211. The molecule has 1 saturated heterocycles. The van der Waals surface area contributed by atoms with Crippen LogP contribution in [-0.2, 0) is 16.1 Å². The molecule has 0 aromatic heterocycles. The molecule has 1 N–H and O–H groups in total. The van der Waals surface area contributed by atoms with Gasteiger partial charge in [-0.2, -0.15) is 0 Å². The van der Waals surface area contributed by atoms with E-state index in [1.165, 1.54) is 4.90 Å². The second-order valence-electron chi connectivity index (χ2n) is 9.73. The first-order chi connectivity index (χ1) is 17.7. The van der Waals surface area contributed by atoms with Crippen molar-refractivity contribution in [1.82, 2.24) is 4.90 Å². The summed E-state index contributed by atoms with van der Waals surface area (Å²) in [5, 5.41) is 11.5. The number of aliphatic hydroxyl groups is 1.